The monoisotopic (exact) mass is 462 g/mol. The Morgan fingerprint density at radius 3 is 2.38 bits per heavy atom. The van der Waals surface area contributed by atoms with Crippen LogP contribution >= 0.6 is 15.9 Å². The largest absolute Gasteiger partial charge is 0.497 e. The smallest absolute Gasteiger partial charge is 0.261 e. The Labute approximate surface area is 180 Å². The van der Waals surface area contributed by atoms with Crippen LogP contribution in [0.5, 0.6) is 11.5 Å². The summed E-state index contributed by atoms with van der Waals surface area (Å²) in [5, 5.41) is 2.60. The second-order valence-electron chi connectivity index (χ2n) is 6.82. The van der Waals surface area contributed by atoms with Gasteiger partial charge in [-0.15, -0.1) is 0 Å². The van der Waals surface area contributed by atoms with E-state index in [1.54, 1.807) is 21.1 Å². The molecule has 0 spiro atoms. The van der Waals surface area contributed by atoms with Crippen LogP contribution in [0.1, 0.15) is 23.6 Å². The van der Waals surface area contributed by atoms with E-state index in [0.29, 0.717) is 11.5 Å². The van der Waals surface area contributed by atoms with Gasteiger partial charge < -0.3 is 19.7 Å². The second-order valence-corrected chi connectivity index (χ2v) is 7.62. The lowest BCUT2D eigenvalue weighted by atomic mass is 10.1. The third-order valence-electron chi connectivity index (χ3n) is 4.67. The minimum absolute atomic E-state index is 0.161. The molecule has 0 saturated carbocycles. The zero-order valence-corrected chi connectivity index (χ0v) is 19.0. The SMILES string of the molecule is CNC(=O)C(C)N(Cc1cccc(OC)c1)C(=O)COc1cc(C)c(Br)c(C)c1. The van der Waals surface area contributed by atoms with E-state index in [1.807, 2.05) is 50.2 Å². The van der Waals surface area contributed by atoms with Crippen molar-refractivity contribution in [3.63, 3.8) is 0 Å². The number of amides is 2. The Bertz CT molecular complexity index is 862. The number of carbonyl (C=O) groups is 2. The molecule has 156 valence electrons. The van der Waals surface area contributed by atoms with Crippen LogP contribution in [0.25, 0.3) is 0 Å². The lowest BCUT2D eigenvalue weighted by Gasteiger charge is -2.28. The lowest BCUT2D eigenvalue weighted by molar-refractivity contribution is -0.142. The standard InChI is InChI=1S/C22H27BrN2O4/c1-14-9-19(10-15(2)21(14)23)29-13-20(26)25(16(3)22(27)24-4)12-17-7-6-8-18(11-17)28-5/h6-11,16H,12-13H2,1-5H3,(H,24,27). The first-order valence-corrected chi connectivity index (χ1v) is 10.1. The molecule has 1 atom stereocenters. The fraction of sp³-hybridized carbons (Fsp3) is 0.364. The molecular formula is C22H27BrN2O4. The number of halogens is 1. The molecule has 2 rings (SSSR count). The van der Waals surface area contributed by atoms with Crippen molar-refractivity contribution in [1.82, 2.24) is 10.2 Å². The van der Waals surface area contributed by atoms with E-state index in [-0.39, 0.29) is 25.0 Å². The summed E-state index contributed by atoms with van der Waals surface area (Å²) in [5.74, 6) is 0.795. The first kappa shape index (κ1) is 22.7. The molecule has 0 aliphatic heterocycles. The van der Waals surface area contributed by atoms with Gasteiger partial charge in [-0.3, -0.25) is 9.59 Å². The average Bonchev–Trinajstić information content (AvgIpc) is 2.72. The summed E-state index contributed by atoms with van der Waals surface area (Å²) in [6.07, 6.45) is 0. The number of aryl methyl sites for hydroxylation is 2. The fourth-order valence-electron chi connectivity index (χ4n) is 2.98. The molecular weight excluding hydrogens is 436 g/mol. The predicted molar refractivity (Wildman–Crippen MR) is 116 cm³/mol. The van der Waals surface area contributed by atoms with Crippen LogP contribution in [-0.2, 0) is 16.1 Å². The molecule has 1 N–H and O–H groups in total. The van der Waals surface area contributed by atoms with Gasteiger partial charge in [0.25, 0.3) is 5.91 Å². The first-order chi connectivity index (χ1) is 13.8. The molecule has 7 heteroatoms. The molecule has 0 saturated heterocycles. The number of rotatable bonds is 8. The van der Waals surface area contributed by atoms with Crippen molar-refractivity contribution < 1.29 is 19.1 Å². The summed E-state index contributed by atoms with van der Waals surface area (Å²) < 4.78 is 12.0. The van der Waals surface area contributed by atoms with E-state index in [0.717, 1.165) is 21.2 Å². The fourth-order valence-corrected chi connectivity index (χ4v) is 3.21. The first-order valence-electron chi connectivity index (χ1n) is 9.30. The van der Waals surface area contributed by atoms with E-state index in [1.165, 1.54) is 4.90 Å². The minimum Gasteiger partial charge on any atom is -0.497 e. The van der Waals surface area contributed by atoms with Gasteiger partial charge in [0, 0.05) is 18.1 Å². The molecule has 0 aliphatic carbocycles. The zero-order chi connectivity index (χ0) is 21.6. The van der Waals surface area contributed by atoms with Crippen molar-refractivity contribution in [1.29, 1.82) is 0 Å². The van der Waals surface area contributed by atoms with Crippen molar-refractivity contribution in [2.75, 3.05) is 20.8 Å². The van der Waals surface area contributed by atoms with E-state index >= 15 is 0 Å². The number of benzene rings is 2. The van der Waals surface area contributed by atoms with Crippen molar-refractivity contribution in [2.45, 2.75) is 33.4 Å². The topological polar surface area (TPSA) is 67.9 Å². The van der Waals surface area contributed by atoms with E-state index < -0.39 is 6.04 Å². The minimum atomic E-state index is -0.643. The molecule has 0 bridgehead atoms. The summed E-state index contributed by atoms with van der Waals surface area (Å²) in [6, 6.07) is 10.5. The molecule has 0 radical (unpaired) electrons. The van der Waals surface area contributed by atoms with Gasteiger partial charge in [-0.2, -0.15) is 0 Å². The van der Waals surface area contributed by atoms with Crippen LogP contribution in [0.3, 0.4) is 0 Å². The highest BCUT2D eigenvalue weighted by molar-refractivity contribution is 9.10. The van der Waals surface area contributed by atoms with E-state index in [4.69, 9.17) is 9.47 Å². The highest BCUT2D eigenvalue weighted by Gasteiger charge is 2.26. The second kappa shape index (κ2) is 10.3. The Morgan fingerprint density at radius 2 is 1.79 bits per heavy atom. The number of ether oxygens (including phenoxy) is 2. The highest BCUT2D eigenvalue weighted by atomic mass is 79.9. The van der Waals surface area contributed by atoms with Crippen molar-refractivity contribution in [3.05, 3.63) is 57.6 Å². The van der Waals surface area contributed by atoms with Gasteiger partial charge in [-0.25, -0.2) is 0 Å². The number of methoxy groups -OCH3 is 1. The van der Waals surface area contributed by atoms with Crippen molar-refractivity contribution in [2.24, 2.45) is 0 Å². The van der Waals surface area contributed by atoms with Gasteiger partial charge in [0.05, 0.1) is 7.11 Å². The molecule has 0 fully saturated rings. The molecule has 0 heterocycles. The molecule has 2 aromatic carbocycles. The number of nitrogens with zero attached hydrogens (tertiary/aromatic N) is 1. The van der Waals surface area contributed by atoms with Gasteiger partial charge in [0.15, 0.2) is 6.61 Å². The summed E-state index contributed by atoms with van der Waals surface area (Å²) in [4.78, 5) is 26.7. The number of carbonyl (C=O) groups excluding carboxylic acids is 2. The highest BCUT2D eigenvalue weighted by Crippen LogP contribution is 2.26. The quantitative estimate of drug-likeness (QED) is 0.650. The van der Waals surface area contributed by atoms with Crippen molar-refractivity contribution in [3.8, 4) is 11.5 Å². The van der Waals surface area contributed by atoms with Gasteiger partial charge >= 0.3 is 0 Å². The van der Waals surface area contributed by atoms with E-state index in [2.05, 4.69) is 21.2 Å². The predicted octanol–water partition coefficient (Wildman–Crippen LogP) is 3.62. The summed E-state index contributed by atoms with van der Waals surface area (Å²) in [6.45, 7) is 5.74. The maximum Gasteiger partial charge on any atom is 0.261 e. The number of likely N-dealkylation sites (N-methyl/N-ethyl adjacent to an activating group) is 1. The Kier molecular flexibility index (Phi) is 8.08. The van der Waals surface area contributed by atoms with Crippen LogP contribution < -0.4 is 14.8 Å². The van der Waals surface area contributed by atoms with E-state index in [9.17, 15) is 9.59 Å². The van der Waals surface area contributed by atoms with Crippen LogP contribution in [0.15, 0.2) is 40.9 Å². The normalized spacial score (nSPS) is 11.5. The Hall–Kier alpha value is -2.54. The molecule has 0 aliphatic rings. The number of hydrogen-bond acceptors (Lipinski definition) is 4. The van der Waals surface area contributed by atoms with Crippen LogP contribution in [0.4, 0.5) is 0 Å². The summed E-state index contributed by atoms with van der Waals surface area (Å²) in [5.41, 5.74) is 2.92. The maximum atomic E-state index is 13.0. The molecule has 29 heavy (non-hydrogen) atoms. The summed E-state index contributed by atoms with van der Waals surface area (Å²) >= 11 is 3.52. The zero-order valence-electron chi connectivity index (χ0n) is 17.4. The molecule has 2 amide bonds. The van der Waals surface area contributed by atoms with Gasteiger partial charge in [-0.05, 0) is 61.7 Å². The molecule has 6 nitrogen and oxygen atoms in total. The Balaban J connectivity index is 2.18. The van der Waals surface area contributed by atoms with Gasteiger partial charge in [0.2, 0.25) is 5.91 Å². The Morgan fingerprint density at radius 1 is 1.14 bits per heavy atom. The molecule has 0 aromatic heterocycles. The van der Waals surface area contributed by atoms with Crippen LogP contribution in [-0.4, -0.2) is 43.5 Å². The lowest BCUT2D eigenvalue weighted by Crippen LogP contribution is -2.48. The third kappa shape index (κ3) is 5.97. The number of nitrogens with one attached hydrogen (secondary N) is 1. The van der Waals surface area contributed by atoms with Gasteiger partial charge in [-0.1, -0.05) is 28.1 Å². The van der Waals surface area contributed by atoms with Crippen LogP contribution in [0.2, 0.25) is 0 Å². The number of hydrogen-bond donors (Lipinski definition) is 1. The van der Waals surface area contributed by atoms with Crippen LogP contribution in [0, 0.1) is 13.8 Å². The average molecular weight is 463 g/mol. The third-order valence-corrected chi connectivity index (χ3v) is 5.92. The van der Waals surface area contributed by atoms with Crippen molar-refractivity contribution >= 4 is 27.7 Å². The van der Waals surface area contributed by atoms with Gasteiger partial charge in [0.1, 0.15) is 17.5 Å². The molecule has 1 unspecified atom stereocenters. The maximum absolute atomic E-state index is 13.0. The molecule has 2 aromatic rings. The summed E-state index contributed by atoms with van der Waals surface area (Å²) in [7, 11) is 3.14.